The summed E-state index contributed by atoms with van der Waals surface area (Å²) in [6.07, 6.45) is 0.714. The van der Waals surface area contributed by atoms with Gasteiger partial charge in [0.1, 0.15) is 0 Å². The zero-order chi connectivity index (χ0) is 18.6. The minimum atomic E-state index is -4.02. The zero-order valence-corrected chi connectivity index (χ0v) is 15.0. The lowest BCUT2D eigenvalue weighted by Gasteiger charge is -2.25. The maximum Gasteiger partial charge on any atom is 0.258 e. The molecular formula is C18H17N2O5S-. The number of carboxylic acid groups (broad SMARTS) is 1. The largest absolute Gasteiger partial charge is 0.548 e. The van der Waals surface area contributed by atoms with Gasteiger partial charge in [-0.15, -0.1) is 0 Å². The van der Waals surface area contributed by atoms with E-state index in [0.717, 1.165) is 4.31 Å². The van der Waals surface area contributed by atoms with Gasteiger partial charge in [0.25, 0.3) is 5.91 Å². The molecule has 26 heavy (non-hydrogen) atoms. The van der Waals surface area contributed by atoms with E-state index in [4.69, 9.17) is 0 Å². The van der Waals surface area contributed by atoms with Gasteiger partial charge >= 0.3 is 0 Å². The molecular weight excluding hydrogens is 356 g/mol. The molecule has 1 fully saturated rings. The average molecular weight is 373 g/mol. The third-order valence-corrected chi connectivity index (χ3v) is 7.09. The standard InChI is InChI=1S/C18H18N2O5S/c1-2-19-13-8-9-15(11-5-3-6-12(16(11)13)17(19)21)26(24,25)20-10-4-7-14(20)18(22)23/h3,5-6,8-9,14H,2,4,7,10H2,1H3,(H,22,23)/p-1/t14-/m0/s1. The first kappa shape index (κ1) is 17.0. The smallest absolute Gasteiger partial charge is 0.258 e. The zero-order valence-electron chi connectivity index (χ0n) is 14.1. The normalized spacial score (nSPS) is 20.3. The Morgan fingerprint density at radius 2 is 2.04 bits per heavy atom. The van der Waals surface area contributed by atoms with Crippen molar-refractivity contribution in [1.82, 2.24) is 4.31 Å². The molecule has 8 heteroatoms. The van der Waals surface area contributed by atoms with Crippen LogP contribution >= 0.6 is 0 Å². The second kappa shape index (κ2) is 5.78. The van der Waals surface area contributed by atoms with Crippen LogP contribution in [-0.4, -0.2) is 43.7 Å². The number of anilines is 1. The van der Waals surface area contributed by atoms with E-state index in [1.807, 2.05) is 6.92 Å². The summed E-state index contributed by atoms with van der Waals surface area (Å²) < 4.78 is 27.4. The van der Waals surface area contributed by atoms with Gasteiger partial charge in [0, 0.05) is 29.4 Å². The van der Waals surface area contributed by atoms with Crippen molar-refractivity contribution in [3.8, 4) is 0 Å². The summed E-state index contributed by atoms with van der Waals surface area (Å²) >= 11 is 0. The van der Waals surface area contributed by atoms with E-state index in [0.29, 0.717) is 35.0 Å². The van der Waals surface area contributed by atoms with Crippen LogP contribution < -0.4 is 10.0 Å². The molecule has 136 valence electrons. The van der Waals surface area contributed by atoms with Gasteiger partial charge in [-0.05, 0) is 38.0 Å². The Hall–Kier alpha value is -2.45. The van der Waals surface area contributed by atoms with Crippen molar-refractivity contribution in [2.45, 2.75) is 30.7 Å². The maximum absolute atomic E-state index is 13.2. The highest BCUT2D eigenvalue weighted by Crippen LogP contribution is 2.41. The molecule has 0 aliphatic carbocycles. The van der Waals surface area contributed by atoms with E-state index in [2.05, 4.69) is 0 Å². The highest BCUT2D eigenvalue weighted by atomic mass is 32.2. The highest BCUT2D eigenvalue weighted by molar-refractivity contribution is 7.89. The van der Waals surface area contributed by atoms with E-state index < -0.39 is 22.0 Å². The van der Waals surface area contributed by atoms with Gasteiger partial charge in [-0.25, -0.2) is 8.42 Å². The second-order valence-corrected chi connectivity index (χ2v) is 8.31. The van der Waals surface area contributed by atoms with Crippen molar-refractivity contribution < 1.29 is 23.1 Å². The number of hydrogen-bond acceptors (Lipinski definition) is 5. The molecule has 2 aromatic carbocycles. The number of carboxylic acids is 1. The van der Waals surface area contributed by atoms with Crippen molar-refractivity contribution in [3.05, 3.63) is 35.9 Å². The van der Waals surface area contributed by atoms with Crippen molar-refractivity contribution >= 4 is 38.4 Å². The summed E-state index contributed by atoms with van der Waals surface area (Å²) in [7, 11) is -4.02. The van der Waals surface area contributed by atoms with Gasteiger partial charge < -0.3 is 14.8 Å². The number of nitrogens with zero attached hydrogens (tertiary/aromatic N) is 2. The number of sulfonamides is 1. The molecule has 2 aliphatic heterocycles. The first-order chi connectivity index (χ1) is 12.4. The van der Waals surface area contributed by atoms with Crippen LogP contribution in [0.5, 0.6) is 0 Å². The molecule has 1 atom stereocenters. The molecule has 1 amide bonds. The molecule has 2 heterocycles. The minimum absolute atomic E-state index is 0.0250. The topological polar surface area (TPSA) is 97.8 Å². The molecule has 0 bridgehead atoms. The van der Waals surface area contributed by atoms with Crippen molar-refractivity contribution in [2.75, 3.05) is 18.0 Å². The first-order valence-corrected chi connectivity index (χ1v) is 9.92. The SMILES string of the molecule is CCN1C(=O)c2cccc3c(S(=O)(=O)N4CCC[C@H]4C(=O)[O-])ccc1c23. The Balaban J connectivity index is 1.94. The molecule has 0 spiro atoms. The predicted molar refractivity (Wildman–Crippen MR) is 93.2 cm³/mol. The Bertz CT molecular complexity index is 1050. The van der Waals surface area contributed by atoms with Crippen LogP contribution in [-0.2, 0) is 14.8 Å². The lowest BCUT2D eigenvalue weighted by molar-refractivity contribution is -0.309. The quantitative estimate of drug-likeness (QED) is 0.787. The Labute approximate surface area is 150 Å². The van der Waals surface area contributed by atoms with Gasteiger partial charge in [-0.1, -0.05) is 12.1 Å². The molecule has 4 rings (SSSR count). The molecule has 0 saturated carbocycles. The van der Waals surface area contributed by atoms with Gasteiger partial charge in [0.05, 0.1) is 22.6 Å². The van der Waals surface area contributed by atoms with Gasteiger partial charge in [-0.2, -0.15) is 4.31 Å². The summed E-state index contributed by atoms with van der Waals surface area (Å²) in [6, 6.07) is 6.92. The van der Waals surface area contributed by atoms with Gasteiger partial charge in [0.2, 0.25) is 10.0 Å². The average Bonchev–Trinajstić information content (AvgIpc) is 3.21. The monoisotopic (exact) mass is 373 g/mol. The number of rotatable bonds is 4. The summed E-state index contributed by atoms with van der Waals surface area (Å²) in [6.45, 7) is 2.48. The number of hydrogen-bond donors (Lipinski definition) is 0. The van der Waals surface area contributed by atoms with E-state index in [-0.39, 0.29) is 23.8 Å². The van der Waals surface area contributed by atoms with Gasteiger partial charge in [0.15, 0.2) is 0 Å². The lowest BCUT2D eigenvalue weighted by Crippen LogP contribution is -2.46. The highest BCUT2D eigenvalue weighted by Gasteiger charge is 2.38. The van der Waals surface area contributed by atoms with E-state index in [1.54, 1.807) is 29.2 Å². The van der Waals surface area contributed by atoms with Crippen LogP contribution in [0.2, 0.25) is 0 Å². The third-order valence-electron chi connectivity index (χ3n) is 5.12. The molecule has 0 N–H and O–H groups in total. The second-order valence-electron chi connectivity index (χ2n) is 6.45. The van der Waals surface area contributed by atoms with Gasteiger partial charge in [-0.3, -0.25) is 4.79 Å². The molecule has 0 radical (unpaired) electrons. The fourth-order valence-corrected chi connectivity index (χ4v) is 5.78. The fraction of sp³-hybridized carbons (Fsp3) is 0.333. The lowest BCUT2D eigenvalue weighted by atomic mass is 10.1. The van der Waals surface area contributed by atoms with Crippen molar-refractivity contribution in [3.63, 3.8) is 0 Å². The van der Waals surface area contributed by atoms with Crippen LogP contribution in [0, 0.1) is 0 Å². The molecule has 7 nitrogen and oxygen atoms in total. The number of aliphatic carboxylic acids is 1. The summed E-state index contributed by atoms with van der Waals surface area (Å²) in [5, 5.41) is 12.4. The Morgan fingerprint density at radius 1 is 1.27 bits per heavy atom. The van der Waals surface area contributed by atoms with Crippen molar-refractivity contribution in [2.24, 2.45) is 0 Å². The minimum Gasteiger partial charge on any atom is -0.548 e. The Kier molecular flexibility index (Phi) is 3.78. The van der Waals surface area contributed by atoms with E-state index >= 15 is 0 Å². The van der Waals surface area contributed by atoms with Crippen LogP contribution in [0.1, 0.15) is 30.1 Å². The molecule has 0 unspecified atom stereocenters. The number of carbonyl (C=O) groups is 2. The maximum atomic E-state index is 13.2. The van der Waals surface area contributed by atoms with Crippen LogP contribution in [0.15, 0.2) is 35.2 Å². The summed E-state index contributed by atoms with van der Waals surface area (Å²) in [5.74, 6) is -1.54. The Morgan fingerprint density at radius 3 is 2.73 bits per heavy atom. The van der Waals surface area contributed by atoms with Crippen LogP contribution in [0.4, 0.5) is 5.69 Å². The molecule has 2 aromatic rings. The molecule has 1 saturated heterocycles. The van der Waals surface area contributed by atoms with Crippen LogP contribution in [0.3, 0.4) is 0 Å². The molecule has 2 aliphatic rings. The summed E-state index contributed by atoms with van der Waals surface area (Å²) in [4.78, 5) is 25.5. The van der Waals surface area contributed by atoms with E-state index in [9.17, 15) is 23.1 Å². The van der Waals surface area contributed by atoms with E-state index in [1.165, 1.54) is 6.07 Å². The third kappa shape index (κ3) is 2.18. The van der Waals surface area contributed by atoms with Crippen LogP contribution in [0.25, 0.3) is 10.8 Å². The van der Waals surface area contributed by atoms with Crippen molar-refractivity contribution in [1.29, 1.82) is 0 Å². The predicted octanol–water partition coefficient (Wildman–Crippen LogP) is 0.723. The fourth-order valence-electron chi connectivity index (χ4n) is 3.95. The summed E-state index contributed by atoms with van der Waals surface area (Å²) in [5.41, 5.74) is 1.15. The number of amides is 1. The first-order valence-electron chi connectivity index (χ1n) is 8.48. The number of carbonyl (C=O) groups excluding carboxylic acids is 2. The molecule has 0 aromatic heterocycles. The number of benzene rings is 2.